The molecule has 28 heavy (non-hydrogen) atoms. The highest BCUT2D eigenvalue weighted by Gasteiger charge is 2.25. The Hall–Kier alpha value is -2.66. The topological polar surface area (TPSA) is 43.9 Å². The van der Waals surface area contributed by atoms with Gasteiger partial charge in [-0.05, 0) is 30.5 Å². The Labute approximate surface area is 167 Å². The highest BCUT2D eigenvalue weighted by atomic mass is 16.2. The van der Waals surface area contributed by atoms with Crippen LogP contribution in [0.4, 0.5) is 5.69 Å². The van der Waals surface area contributed by atoms with Crippen LogP contribution < -0.4 is 4.90 Å². The van der Waals surface area contributed by atoms with E-state index in [2.05, 4.69) is 29.2 Å². The number of carbonyl (C=O) groups is 2. The SMILES string of the molecule is CC(=O)N(CC(=O)N1CCN(Cc2ccccc2)CC1)c1c(C)cccc1C. The summed E-state index contributed by atoms with van der Waals surface area (Å²) in [7, 11) is 0. The Morgan fingerprint density at radius 2 is 1.50 bits per heavy atom. The minimum Gasteiger partial charge on any atom is -0.339 e. The maximum atomic E-state index is 12.9. The molecule has 0 aliphatic carbocycles. The van der Waals surface area contributed by atoms with Crippen LogP contribution in [0.5, 0.6) is 0 Å². The zero-order valence-corrected chi connectivity index (χ0v) is 17.0. The molecule has 1 aliphatic rings. The third kappa shape index (κ3) is 4.78. The number of carbonyl (C=O) groups excluding carboxylic acids is 2. The molecule has 2 aromatic carbocycles. The van der Waals surface area contributed by atoms with Crippen molar-refractivity contribution < 1.29 is 9.59 Å². The van der Waals surface area contributed by atoms with Gasteiger partial charge in [-0.3, -0.25) is 14.5 Å². The van der Waals surface area contributed by atoms with Crippen molar-refractivity contribution in [3.05, 3.63) is 65.2 Å². The maximum absolute atomic E-state index is 12.9. The lowest BCUT2D eigenvalue weighted by Crippen LogP contribution is -2.51. The van der Waals surface area contributed by atoms with Gasteiger partial charge < -0.3 is 9.80 Å². The first kappa shape index (κ1) is 20.1. The number of amides is 2. The number of anilines is 1. The molecule has 5 nitrogen and oxygen atoms in total. The van der Waals surface area contributed by atoms with Crippen molar-refractivity contribution in [2.45, 2.75) is 27.3 Å². The minimum atomic E-state index is -0.103. The predicted molar refractivity (Wildman–Crippen MR) is 112 cm³/mol. The average Bonchev–Trinajstić information content (AvgIpc) is 2.68. The summed E-state index contributed by atoms with van der Waals surface area (Å²) in [5.74, 6) is -0.0920. The molecule has 2 aromatic rings. The number of rotatable bonds is 5. The largest absolute Gasteiger partial charge is 0.339 e. The van der Waals surface area contributed by atoms with E-state index in [9.17, 15) is 9.59 Å². The molecule has 5 heteroatoms. The molecule has 0 N–H and O–H groups in total. The Morgan fingerprint density at radius 1 is 0.893 bits per heavy atom. The van der Waals surface area contributed by atoms with Crippen LogP contribution in [0, 0.1) is 13.8 Å². The van der Waals surface area contributed by atoms with Gasteiger partial charge in [-0.15, -0.1) is 0 Å². The fourth-order valence-corrected chi connectivity index (χ4v) is 3.81. The highest BCUT2D eigenvalue weighted by molar-refractivity contribution is 5.98. The van der Waals surface area contributed by atoms with E-state index in [1.807, 2.05) is 43.0 Å². The summed E-state index contributed by atoms with van der Waals surface area (Å²) in [5, 5.41) is 0. The molecule has 0 unspecified atom stereocenters. The molecule has 0 saturated carbocycles. The third-order valence-electron chi connectivity index (χ3n) is 5.36. The van der Waals surface area contributed by atoms with Crippen molar-refractivity contribution in [1.82, 2.24) is 9.80 Å². The van der Waals surface area contributed by atoms with E-state index in [0.29, 0.717) is 13.1 Å². The fraction of sp³-hybridized carbons (Fsp3) is 0.391. The Balaban J connectivity index is 1.60. The lowest BCUT2D eigenvalue weighted by Gasteiger charge is -2.36. The Morgan fingerprint density at radius 3 is 2.07 bits per heavy atom. The molecule has 0 bridgehead atoms. The summed E-state index contributed by atoms with van der Waals surface area (Å²) >= 11 is 0. The molecular weight excluding hydrogens is 350 g/mol. The van der Waals surface area contributed by atoms with Crippen LogP contribution in [-0.2, 0) is 16.1 Å². The van der Waals surface area contributed by atoms with Gasteiger partial charge in [0.15, 0.2) is 0 Å². The summed E-state index contributed by atoms with van der Waals surface area (Å²) in [6.45, 7) is 9.58. The van der Waals surface area contributed by atoms with Crippen LogP contribution in [0.3, 0.4) is 0 Å². The lowest BCUT2D eigenvalue weighted by atomic mass is 10.1. The van der Waals surface area contributed by atoms with Crippen LogP contribution in [-0.4, -0.2) is 54.3 Å². The summed E-state index contributed by atoms with van der Waals surface area (Å²) in [6, 6.07) is 16.3. The first-order chi connectivity index (χ1) is 13.5. The zero-order valence-electron chi connectivity index (χ0n) is 17.0. The van der Waals surface area contributed by atoms with Gasteiger partial charge >= 0.3 is 0 Å². The van der Waals surface area contributed by atoms with Gasteiger partial charge in [0, 0.05) is 39.6 Å². The number of aryl methyl sites for hydroxylation is 2. The molecule has 1 fully saturated rings. The van der Waals surface area contributed by atoms with E-state index < -0.39 is 0 Å². The van der Waals surface area contributed by atoms with E-state index in [4.69, 9.17) is 0 Å². The van der Waals surface area contributed by atoms with Crippen molar-refractivity contribution in [2.24, 2.45) is 0 Å². The molecule has 1 heterocycles. The van der Waals surface area contributed by atoms with Crippen molar-refractivity contribution in [3.8, 4) is 0 Å². The number of piperazine rings is 1. The Bertz CT molecular complexity index is 807. The van der Waals surface area contributed by atoms with Gasteiger partial charge in [0.05, 0.1) is 5.69 Å². The van der Waals surface area contributed by atoms with Crippen LogP contribution in [0.25, 0.3) is 0 Å². The van der Waals surface area contributed by atoms with Gasteiger partial charge in [-0.25, -0.2) is 0 Å². The molecule has 0 aromatic heterocycles. The summed E-state index contributed by atoms with van der Waals surface area (Å²) < 4.78 is 0. The summed E-state index contributed by atoms with van der Waals surface area (Å²) in [6.07, 6.45) is 0. The third-order valence-corrected chi connectivity index (χ3v) is 5.36. The predicted octanol–water partition coefficient (Wildman–Crippen LogP) is 3.00. The second-order valence-electron chi connectivity index (χ2n) is 7.49. The Kier molecular flexibility index (Phi) is 6.47. The van der Waals surface area contributed by atoms with Gasteiger partial charge in [-0.2, -0.15) is 0 Å². The molecule has 1 saturated heterocycles. The number of nitrogens with zero attached hydrogens (tertiary/aromatic N) is 3. The molecule has 0 radical (unpaired) electrons. The second-order valence-corrected chi connectivity index (χ2v) is 7.49. The normalized spacial score (nSPS) is 14.8. The smallest absolute Gasteiger partial charge is 0.242 e. The van der Waals surface area contributed by atoms with Gasteiger partial charge in [0.25, 0.3) is 0 Å². The average molecular weight is 380 g/mol. The van der Waals surface area contributed by atoms with Crippen molar-refractivity contribution >= 4 is 17.5 Å². The molecule has 0 spiro atoms. The highest BCUT2D eigenvalue weighted by Crippen LogP contribution is 2.25. The van der Waals surface area contributed by atoms with Crippen LogP contribution >= 0.6 is 0 Å². The number of hydrogen-bond acceptors (Lipinski definition) is 3. The molecule has 2 amide bonds. The monoisotopic (exact) mass is 379 g/mol. The van der Waals surface area contributed by atoms with Gasteiger partial charge in [0.2, 0.25) is 11.8 Å². The summed E-state index contributed by atoms with van der Waals surface area (Å²) in [4.78, 5) is 31.0. The molecular formula is C23H29N3O2. The van der Waals surface area contributed by atoms with Gasteiger partial charge in [0.1, 0.15) is 6.54 Å². The van der Waals surface area contributed by atoms with Crippen molar-refractivity contribution in [3.63, 3.8) is 0 Å². The van der Waals surface area contributed by atoms with E-state index in [-0.39, 0.29) is 18.4 Å². The van der Waals surface area contributed by atoms with E-state index in [0.717, 1.165) is 36.4 Å². The number of benzene rings is 2. The summed E-state index contributed by atoms with van der Waals surface area (Å²) in [5.41, 5.74) is 4.16. The number of hydrogen-bond donors (Lipinski definition) is 0. The standard InChI is InChI=1S/C23H29N3O2/c1-18-8-7-9-19(2)23(18)26(20(3)27)17-22(28)25-14-12-24(13-15-25)16-21-10-5-4-6-11-21/h4-11H,12-17H2,1-3H3. The zero-order chi connectivity index (χ0) is 20.1. The molecule has 148 valence electrons. The fourth-order valence-electron chi connectivity index (χ4n) is 3.81. The second kappa shape index (κ2) is 9.02. The minimum absolute atomic E-state index is 0.0113. The first-order valence-corrected chi connectivity index (χ1v) is 9.84. The molecule has 0 atom stereocenters. The van der Waals surface area contributed by atoms with Crippen molar-refractivity contribution in [1.29, 1.82) is 0 Å². The first-order valence-electron chi connectivity index (χ1n) is 9.84. The van der Waals surface area contributed by atoms with E-state index in [1.54, 1.807) is 4.90 Å². The molecule has 3 rings (SSSR count). The molecule has 1 aliphatic heterocycles. The van der Waals surface area contributed by atoms with Crippen LogP contribution in [0.15, 0.2) is 48.5 Å². The number of para-hydroxylation sites is 1. The van der Waals surface area contributed by atoms with E-state index in [1.165, 1.54) is 12.5 Å². The maximum Gasteiger partial charge on any atom is 0.242 e. The van der Waals surface area contributed by atoms with Crippen molar-refractivity contribution in [2.75, 3.05) is 37.6 Å². The van der Waals surface area contributed by atoms with Gasteiger partial charge in [-0.1, -0.05) is 48.5 Å². The van der Waals surface area contributed by atoms with E-state index >= 15 is 0 Å². The lowest BCUT2D eigenvalue weighted by molar-refractivity contribution is -0.132. The van der Waals surface area contributed by atoms with Crippen LogP contribution in [0.2, 0.25) is 0 Å². The van der Waals surface area contributed by atoms with Crippen LogP contribution in [0.1, 0.15) is 23.6 Å². The quantitative estimate of drug-likeness (QED) is 0.802.